The zero-order valence-corrected chi connectivity index (χ0v) is 7.89. The molecule has 0 atom stereocenters. The first-order valence-corrected chi connectivity index (χ1v) is 4.94. The molecule has 4 N–H and O–H groups in total. The van der Waals surface area contributed by atoms with E-state index in [0.29, 0.717) is 12.1 Å². The van der Waals surface area contributed by atoms with E-state index in [1.54, 1.807) is 0 Å². The number of phenolic OH excluding ortho intramolecular Hbond substituents is 1. The van der Waals surface area contributed by atoms with Crippen molar-refractivity contribution < 1.29 is 33.1 Å². The summed E-state index contributed by atoms with van der Waals surface area (Å²) in [5.41, 5.74) is -0.817. The molecule has 0 amide bonds. The molecule has 0 unspecified atom stereocenters. The van der Waals surface area contributed by atoms with Crippen molar-refractivity contribution in [2.45, 2.75) is 4.90 Å². The normalized spacial score (nSPS) is 9.94. The molecule has 0 radical (unpaired) electrons. The Morgan fingerprint density at radius 2 is 1.59 bits per heavy atom. The van der Waals surface area contributed by atoms with Gasteiger partial charge in [0.15, 0.2) is 11.5 Å². The number of benzene rings is 1. The van der Waals surface area contributed by atoms with Gasteiger partial charge in [-0.1, -0.05) is 0 Å². The summed E-state index contributed by atoms with van der Waals surface area (Å²) in [6.07, 6.45) is 0. The van der Waals surface area contributed by atoms with Gasteiger partial charge in [-0.15, -0.1) is 0 Å². The number of aromatic carboxylic acids is 1. The number of aromatic hydroxyl groups is 2. The molecule has 7 nitrogen and oxygen atoms in total. The van der Waals surface area contributed by atoms with Gasteiger partial charge in [0.2, 0.25) is 0 Å². The fourth-order valence-corrected chi connectivity index (χ4v) is 1.43. The summed E-state index contributed by atoms with van der Waals surface area (Å²) in [5, 5.41) is 26.6. The Morgan fingerprint density at radius 3 is 1.94 bits per heavy atom. The molecule has 17 heavy (non-hydrogen) atoms. The van der Waals surface area contributed by atoms with Gasteiger partial charge in [-0.2, -0.15) is 8.42 Å². The van der Waals surface area contributed by atoms with E-state index >= 15 is 0 Å². The van der Waals surface area contributed by atoms with Crippen LogP contribution >= 0.6 is 0 Å². The standard InChI is InChI=1S/C7H6O7S.2K.2H/c8-5-2-3(15(12,13)14)1-4(6(5)9)7(10)11;;;;/h1-2,8-9H,(H,10,11)(H,12,13,14);;;;. The number of carbonyl (C=O) groups is 1. The van der Waals surface area contributed by atoms with Gasteiger partial charge in [-0.05, 0) is 6.07 Å². The molecule has 1 aromatic carbocycles. The van der Waals surface area contributed by atoms with Crippen molar-refractivity contribution in [1.82, 2.24) is 0 Å². The third-order valence-corrected chi connectivity index (χ3v) is 2.42. The van der Waals surface area contributed by atoms with Crippen molar-refractivity contribution in [2.24, 2.45) is 0 Å². The van der Waals surface area contributed by atoms with Crippen LogP contribution in [0, 0.1) is 0 Å². The Hall–Kier alpha value is 1.47. The minimum absolute atomic E-state index is 0. The first kappa shape index (κ1) is 20.8. The van der Waals surface area contributed by atoms with Gasteiger partial charge in [-0.3, -0.25) is 4.55 Å². The number of rotatable bonds is 2. The molecule has 0 heterocycles. The van der Waals surface area contributed by atoms with Crippen molar-refractivity contribution >= 4 is 119 Å². The van der Waals surface area contributed by atoms with E-state index in [4.69, 9.17) is 19.9 Å². The van der Waals surface area contributed by atoms with E-state index in [2.05, 4.69) is 0 Å². The second-order valence-corrected chi connectivity index (χ2v) is 4.04. The van der Waals surface area contributed by atoms with Crippen LogP contribution in [0.25, 0.3) is 0 Å². The van der Waals surface area contributed by atoms with Crippen molar-refractivity contribution in [2.75, 3.05) is 0 Å². The van der Waals surface area contributed by atoms with Gasteiger partial charge in [0, 0.05) is 6.07 Å². The number of hydrogen-bond acceptors (Lipinski definition) is 5. The number of carboxylic acids is 1. The van der Waals surface area contributed by atoms with Crippen molar-refractivity contribution in [1.29, 1.82) is 0 Å². The third-order valence-electron chi connectivity index (χ3n) is 1.59. The van der Waals surface area contributed by atoms with E-state index in [9.17, 15) is 13.2 Å². The molecule has 0 aliphatic rings. The average Bonchev–Trinajstić information content (AvgIpc) is 2.06. The Morgan fingerprint density at radius 1 is 1.12 bits per heavy atom. The molecule has 1 aromatic rings. The van der Waals surface area contributed by atoms with Crippen LogP contribution in [0.5, 0.6) is 11.5 Å². The summed E-state index contributed by atoms with van der Waals surface area (Å²) in [5.74, 6) is -3.54. The monoisotopic (exact) mass is 314 g/mol. The summed E-state index contributed by atoms with van der Waals surface area (Å²) in [6, 6.07) is 1.07. The molecule has 86 valence electrons. The summed E-state index contributed by atoms with van der Waals surface area (Å²) >= 11 is 0. The molecule has 0 saturated heterocycles. The average molecular weight is 314 g/mol. The predicted octanol–water partition coefficient (Wildman–Crippen LogP) is -1.25. The van der Waals surface area contributed by atoms with Crippen molar-refractivity contribution in [3.63, 3.8) is 0 Å². The van der Waals surface area contributed by atoms with E-state index in [-0.39, 0.29) is 103 Å². The summed E-state index contributed by atoms with van der Waals surface area (Å²) < 4.78 is 29.9. The van der Waals surface area contributed by atoms with E-state index in [1.165, 1.54) is 0 Å². The molecule has 0 aliphatic heterocycles. The molecule has 0 aromatic heterocycles. The predicted molar refractivity (Wildman–Crippen MR) is 60.8 cm³/mol. The van der Waals surface area contributed by atoms with Crippen molar-refractivity contribution in [3.8, 4) is 11.5 Å². The number of carboxylic acid groups (broad SMARTS) is 1. The Bertz CT molecular complexity index is 525. The van der Waals surface area contributed by atoms with Crippen LogP contribution in [0.4, 0.5) is 0 Å². The zero-order valence-electron chi connectivity index (χ0n) is 7.08. The first-order valence-electron chi connectivity index (χ1n) is 3.50. The molecule has 10 heteroatoms. The number of phenols is 2. The quantitative estimate of drug-likeness (QED) is 0.304. The van der Waals surface area contributed by atoms with Crippen LogP contribution in [0.2, 0.25) is 0 Å². The van der Waals surface area contributed by atoms with Crippen LogP contribution in [0.3, 0.4) is 0 Å². The van der Waals surface area contributed by atoms with Crippen LogP contribution in [-0.4, -0.2) is 137 Å². The topological polar surface area (TPSA) is 132 Å². The molecule has 0 fully saturated rings. The third kappa shape index (κ3) is 5.54. The van der Waals surface area contributed by atoms with E-state index in [0.717, 1.165) is 0 Å². The molecule has 0 saturated carbocycles. The van der Waals surface area contributed by atoms with Gasteiger partial charge in [-0.25, -0.2) is 4.79 Å². The maximum absolute atomic E-state index is 10.6. The second-order valence-electron chi connectivity index (χ2n) is 2.62. The van der Waals surface area contributed by atoms with E-state index < -0.39 is 38.0 Å². The first-order chi connectivity index (χ1) is 6.73. The van der Waals surface area contributed by atoms with Crippen LogP contribution in [-0.2, 0) is 10.1 Å². The fraction of sp³-hybridized carbons (Fsp3) is 0. The summed E-state index contributed by atoms with van der Waals surface area (Å²) in [4.78, 5) is 9.70. The fourth-order valence-electron chi connectivity index (χ4n) is 0.905. The molecule has 0 aliphatic carbocycles. The van der Waals surface area contributed by atoms with Crippen LogP contribution in [0.1, 0.15) is 10.4 Å². The molecular formula is C7H8K2O7S. The summed E-state index contributed by atoms with van der Waals surface area (Å²) in [6.45, 7) is 0. The molecule has 0 spiro atoms. The Kier molecular flexibility index (Phi) is 9.68. The number of hydrogen-bond donors (Lipinski definition) is 4. The van der Waals surface area contributed by atoms with Gasteiger partial charge in [0.05, 0.1) is 4.90 Å². The Balaban J connectivity index is 0. The van der Waals surface area contributed by atoms with Crippen LogP contribution in [0.15, 0.2) is 17.0 Å². The second kappa shape index (κ2) is 7.92. The molecule has 1 rings (SSSR count). The Labute approximate surface area is 182 Å². The summed E-state index contributed by atoms with van der Waals surface area (Å²) in [7, 11) is -4.63. The van der Waals surface area contributed by atoms with Crippen molar-refractivity contribution in [3.05, 3.63) is 17.7 Å². The van der Waals surface area contributed by atoms with Gasteiger partial charge >= 0.3 is 109 Å². The minimum atomic E-state index is -4.63. The van der Waals surface area contributed by atoms with Crippen LogP contribution < -0.4 is 0 Å². The van der Waals surface area contributed by atoms with Gasteiger partial charge in [0.25, 0.3) is 10.1 Å². The van der Waals surface area contributed by atoms with Gasteiger partial charge in [0.1, 0.15) is 5.56 Å². The molecular weight excluding hydrogens is 306 g/mol. The maximum atomic E-state index is 10.6. The zero-order chi connectivity index (χ0) is 11.8. The van der Waals surface area contributed by atoms with E-state index in [1.807, 2.05) is 0 Å². The van der Waals surface area contributed by atoms with Gasteiger partial charge < -0.3 is 15.3 Å². The molecule has 0 bridgehead atoms. The SMILES string of the molecule is O=C(O)c1cc(S(=O)(=O)O)cc(O)c1O.[KH].[KH].